The molecule has 0 aromatic heterocycles. The summed E-state index contributed by atoms with van der Waals surface area (Å²) in [7, 11) is 0. The first-order valence-corrected chi connectivity index (χ1v) is 9.58. The van der Waals surface area contributed by atoms with Gasteiger partial charge in [-0.25, -0.2) is 0 Å². The van der Waals surface area contributed by atoms with E-state index in [9.17, 15) is 0 Å². The summed E-state index contributed by atoms with van der Waals surface area (Å²) in [4.78, 5) is 5.40. The van der Waals surface area contributed by atoms with E-state index in [4.69, 9.17) is 5.73 Å². The summed E-state index contributed by atoms with van der Waals surface area (Å²) in [5, 5.41) is 0.821. The number of nitrogens with zero attached hydrogens (tertiary/aromatic N) is 2. The molecular formula is C16H33N3S. The third-order valence-electron chi connectivity index (χ3n) is 5.19. The van der Waals surface area contributed by atoms with Crippen LogP contribution in [0.5, 0.6) is 0 Å². The summed E-state index contributed by atoms with van der Waals surface area (Å²) in [6.07, 6.45) is 6.45. The molecule has 0 aromatic rings. The molecule has 20 heavy (non-hydrogen) atoms. The SMILES string of the molecule is CCCN1CCCC(CN)(N2CCSC(CC)C2)CC1. The third kappa shape index (κ3) is 3.90. The van der Waals surface area contributed by atoms with Crippen LogP contribution in [-0.2, 0) is 0 Å². The van der Waals surface area contributed by atoms with E-state index in [1.54, 1.807) is 0 Å². The lowest BCUT2D eigenvalue weighted by Gasteiger charge is -2.47. The summed E-state index contributed by atoms with van der Waals surface area (Å²) in [5.74, 6) is 1.29. The minimum Gasteiger partial charge on any atom is -0.329 e. The molecule has 2 aliphatic heterocycles. The van der Waals surface area contributed by atoms with Crippen LogP contribution >= 0.6 is 11.8 Å². The average molecular weight is 300 g/mol. The van der Waals surface area contributed by atoms with Crippen LogP contribution in [0.4, 0.5) is 0 Å². The van der Waals surface area contributed by atoms with Crippen LogP contribution in [0, 0.1) is 0 Å². The van der Waals surface area contributed by atoms with Crippen molar-refractivity contribution in [2.24, 2.45) is 5.73 Å². The number of hydrogen-bond acceptors (Lipinski definition) is 4. The molecule has 2 heterocycles. The first kappa shape index (κ1) is 16.6. The van der Waals surface area contributed by atoms with Gasteiger partial charge in [-0.3, -0.25) is 4.90 Å². The summed E-state index contributed by atoms with van der Waals surface area (Å²) in [6.45, 7) is 11.7. The monoisotopic (exact) mass is 299 g/mol. The Hall–Kier alpha value is 0.230. The second-order valence-electron chi connectivity index (χ2n) is 6.47. The van der Waals surface area contributed by atoms with Gasteiger partial charge in [0, 0.05) is 36.2 Å². The van der Waals surface area contributed by atoms with Gasteiger partial charge in [0.25, 0.3) is 0 Å². The molecule has 0 radical (unpaired) electrons. The Morgan fingerprint density at radius 2 is 2.05 bits per heavy atom. The maximum Gasteiger partial charge on any atom is 0.0345 e. The molecule has 0 amide bonds. The van der Waals surface area contributed by atoms with E-state index in [1.807, 2.05) is 0 Å². The zero-order valence-corrected chi connectivity index (χ0v) is 14.3. The van der Waals surface area contributed by atoms with Crippen molar-refractivity contribution in [2.45, 2.75) is 56.7 Å². The minimum absolute atomic E-state index is 0.289. The third-order valence-corrected chi connectivity index (χ3v) is 6.57. The summed E-state index contributed by atoms with van der Waals surface area (Å²) < 4.78 is 0. The van der Waals surface area contributed by atoms with E-state index < -0.39 is 0 Å². The molecule has 2 unspecified atom stereocenters. The number of likely N-dealkylation sites (tertiary alicyclic amines) is 1. The van der Waals surface area contributed by atoms with Crippen molar-refractivity contribution in [1.29, 1.82) is 0 Å². The lowest BCUT2D eigenvalue weighted by atomic mass is 9.88. The molecule has 4 heteroatoms. The van der Waals surface area contributed by atoms with Crippen LogP contribution < -0.4 is 5.73 Å². The van der Waals surface area contributed by atoms with Crippen molar-refractivity contribution < 1.29 is 0 Å². The zero-order chi connectivity index (χ0) is 14.4. The quantitative estimate of drug-likeness (QED) is 0.845. The maximum atomic E-state index is 6.28. The van der Waals surface area contributed by atoms with E-state index in [0.29, 0.717) is 0 Å². The Labute approximate surface area is 129 Å². The number of thioether (sulfide) groups is 1. The summed E-state index contributed by atoms with van der Waals surface area (Å²) in [5.41, 5.74) is 6.57. The molecule has 118 valence electrons. The molecule has 2 N–H and O–H groups in total. The zero-order valence-electron chi connectivity index (χ0n) is 13.4. The Bertz CT molecular complexity index is 287. The van der Waals surface area contributed by atoms with Crippen LogP contribution in [0.25, 0.3) is 0 Å². The van der Waals surface area contributed by atoms with Gasteiger partial charge < -0.3 is 10.6 Å². The highest BCUT2D eigenvalue weighted by atomic mass is 32.2. The molecule has 2 rings (SSSR count). The molecule has 0 spiro atoms. The Balaban J connectivity index is 2.01. The highest BCUT2D eigenvalue weighted by Gasteiger charge is 2.39. The minimum atomic E-state index is 0.289. The molecular weight excluding hydrogens is 266 g/mol. The highest BCUT2D eigenvalue weighted by molar-refractivity contribution is 8.00. The molecule has 0 aromatic carbocycles. The Morgan fingerprint density at radius 3 is 2.75 bits per heavy atom. The van der Waals surface area contributed by atoms with E-state index in [0.717, 1.165) is 11.8 Å². The molecule has 0 aliphatic carbocycles. The largest absolute Gasteiger partial charge is 0.329 e. The highest BCUT2D eigenvalue weighted by Crippen LogP contribution is 2.33. The lowest BCUT2D eigenvalue weighted by Crippen LogP contribution is -2.58. The standard InChI is InChI=1S/C16H33N3S/c1-3-8-18-9-5-6-16(14-17,7-10-18)19-11-12-20-15(4-2)13-19/h15H,3-14,17H2,1-2H3. The molecule has 2 aliphatic rings. The van der Waals surface area contributed by atoms with Crippen LogP contribution in [0.3, 0.4) is 0 Å². The van der Waals surface area contributed by atoms with Crippen LogP contribution in [0.15, 0.2) is 0 Å². The average Bonchev–Trinajstić information content (AvgIpc) is 2.71. The maximum absolute atomic E-state index is 6.28. The van der Waals surface area contributed by atoms with Gasteiger partial charge in [-0.05, 0) is 51.7 Å². The van der Waals surface area contributed by atoms with Gasteiger partial charge in [-0.2, -0.15) is 11.8 Å². The second-order valence-corrected chi connectivity index (χ2v) is 7.88. The van der Waals surface area contributed by atoms with Gasteiger partial charge in [0.15, 0.2) is 0 Å². The van der Waals surface area contributed by atoms with Crippen LogP contribution in [0.2, 0.25) is 0 Å². The van der Waals surface area contributed by atoms with Crippen molar-refractivity contribution in [3.05, 3.63) is 0 Å². The summed E-state index contributed by atoms with van der Waals surface area (Å²) in [6, 6.07) is 0. The van der Waals surface area contributed by atoms with E-state index in [2.05, 4.69) is 35.4 Å². The predicted octanol–water partition coefficient (Wildman–Crippen LogP) is 2.41. The molecule has 0 bridgehead atoms. The molecule has 2 atom stereocenters. The lowest BCUT2D eigenvalue weighted by molar-refractivity contribution is 0.0809. The van der Waals surface area contributed by atoms with Crippen molar-refractivity contribution >= 4 is 11.8 Å². The van der Waals surface area contributed by atoms with Gasteiger partial charge in [0.1, 0.15) is 0 Å². The normalized spacial score (nSPS) is 34.0. The smallest absolute Gasteiger partial charge is 0.0345 e. The topological polar surface area (TPSA) is 32.5 Å². The number of rotatable bonds is 5. The van der Waals surface area contributed by atoms with Crippen molar-refractivity contribution in [1.82, 2.24) is 9.80 Å². The molecule has 2 fully saturated rings. The fourth-order valence-corrected chi connectivity index (χ4v) is 5.00. The van der Waals surface area contributed by atoms with Gasteiger partial charge in [0.2, 0.25) is 0 Å². The van der Waals surface area contributed by atoms with Crippen molar-refractivity contribution in [2.75, 3.05) is 45.0 Å². The number of nitrogens with two attached hydrogens (primary N) is 1. The van der Waals surface area contributed by atoms with E-state index >= 15 is 0 Å². The Kier molecular flexibility index (Phi) is 6.66. The Morgan fingerprint density at radius 1 is 1.20 bits per heavy atom. The molecule has 0 saturated carbocycles. The van der Waals surface area contributed by atoms with Crippen molar-refractivity contribution in [3.63, 3.8) is 0 Å². The van der Waals surface area contributed by atoms with E-state index in [-0.39, 0.29) is 5.54 Å². The predicted molar refractivity (Wildman–Crippen MR) is 90.5 cm³/mol. The van der Waals surface area contributed by atoms with Gasteiger partial charge in [0.05, 0.1) is 0 Å². The van der Waals surface area contributed by atoms with E-state index in [1.165, 1.54) is 70.6 Å². The molecule has 2 saturated heterocycles. The fraction of sp³-hybridized carbons (Fsp3) is 1.00. The van der Waals surface area contributed by atoms with Crippen LogP contribution in [-0.4, -0.2) is 65.6 Å². The van der Waals surface area contributed by atoms with Gasteiger partial charge in [-0.15, -0.1) is 0 Å². The van der Waals surface area contributed by atoms with Crippen LogP contribution in [0.1, 0.15) is 46.0 Å². The van der Waals surface area contributed by atoms with Gasteiger partial charge >= 0.3 is 0 Å². The fourth-order valence-electron chi connectivity index (χ4n) is 3.82. The number of hydrogen-bond donors (Lipinski definition) is 1. The first-order chi connectivity index (χ1) is 9.74. The second kappa shape index (κ2) is 8.02. The molecule has 3 nitrogen and oxygen atoms in total. The van der Waals surface area contributed by atoms with Gasteiger partial charge in [-0.1, -0.05) is 13.8 Å². The first-order valence-electron chi connectivity index (χ1n) is 8.53. The summed E-state index contributed by atoms with van der Waals surface area (Å²) >= 11 is 2.16. The van der Waals surface area contributed by atoms with Crippen molar-refractivity contribution in [3.8, 4) is 0 Å².